The van der Waals surface area contributed by atoms with Crippen LogP contribution >= 0.6 is 0 Å². The smallest absolute Gasteiger partial charge is 0.337 e. The highest BCUT2D eigenvalue weighted by molar-refractivity contribution is 5.90. The Morgan fingerprint density at radius 3 is 2.55 bits per heavy atom. The van der Waals surface area contributed by atoms with Gasteiger partial charge in [-0.2, -0.15) is 0 Å². The van der Waals surface area contributed by atoms with E-state index in [9.17, 15) is 30.0 Å². The third-order valence-corrected chi connectivity index (χ3v) is 4.92. The number of hydrogen-bond donors (Lipinski definition) is 4. The lowest BCUT2D eigenvalue weighted by Crippen LogP contribution is -2.60. The summed E-state index contributed by atoms with van der Waals surface area (Å²) in [6, 6.07) is 0. The van der Waals surface area contributed by atoms with E-state index in [0.29, 0.717) is 5.57 Å². The van der Waals surface area contributed by atoms with Crippen LogP contribution in [0.4, 0.5) is 0 Å². The average molecular weight is 442 g/mol. The number of hydrogen-bond acceptors (Lipinski definition) is 11. The molecule has 2 heterocycles. The summed E-state index contributed by atoms with van der Waals surface area (Å²) in [6.45, 7) is 0.737. The van der Waals surface area contributed by atoms with Gasteiger partial charge in [0.05, 0.1) is 32.0 Å². The van der Waals surface area contributed by atoms with Gasteiger partial charge in [0, 0.05) is 11.5 Å². The largest absolute Gasteiger partial charge is 0.468 e. The van der Waals surface area contributed by atoms with Crippen molar-refractivity contribution >= 4 is 11.9 Å². The number of ether oxygens (including phenoxy) is 5. The highest BCUT2D eigenvalue weighted by atomic mass is 16.8. The van der Waals surface area contributed by atoms with Crippen LogP contribution in [0.25, 0.3) is 0 Å². The molecule has 0 aliphatic carbocycles. The van der Waals surface area contributed by atoms with Crippen LogP contribution in [0.15, 0.2) is 23.5 Å². The average Bonchev–Trinajstić information content (AvgIpc) is 2.77. The molecule has 0 aromatic carbocycles. The number of esters is 2. The molecule has 2 aliphatic heterocycles. The molecule has 0 unspecified atom stereocenters. The third kappa shape index (κ3) is 5.62. The molecule has 11 nitrogen and oxygen atoms in total. The third-order valence-electron chi connectivity index (χ3n) is 4.92. The zero-order chi connectivity index (χ0) is 23.1. The van der Waals surface area contributed by atoms with Crippen molar-refractivity contribution in [3.8, 4) is 12.3 Å². The Labute approximate surface area is 178 Å². The second-order valence-electron chi connectivity index (χ2n) is 6.78. The molecular weight excluding hydrogens is 416 g/mol. The summed E-state index contributed by atoms with van der Waals surface area (Å²) >= 11 is 0. The van der Waals surface area contributed by atoms with Crippen LogP contribution in [-0.2, 0) is 33.3 Å². The molecule has 1 saturated heterocycles. The zero-order valence-corrected chi connectivity index (χ0v) is 17.0. The van der Waals surface area contributed by atoms with Gasteiger partial charge in [0.1, 0.15) is 24.4 Å². The van der Waals surface area contributed by atoms with E-state index in [1.807, 2.05) is 0 Å². The maximum Gasteiger partial charge on any atom is 0.337 e. The second kappa shape index (κ2) is 11.2. The number of terminal acetylenes is 1. The maximum atomic E-state index is 12.2. The van der Waals surface area contributed by atoms with Gasteiger partial charge in [-0.25, -0.2) is 4.79 Å². The van der Waals surface area contributed by atoms with E-state index < -0.39 is 61.5 Å². The highest BCUT2D eigenvalue weighted by Crippen LogP contribution is 2.36. The Morgan fingerprint density at radius 1 is 1.26 bits per heavy atom. The summed E-state index contributed by atoms with van der Waals surface area (Å²) in [4.78, 5) is 24.3. The van der Waals surface area contributed by atoms with E-state index in [4.69, 9.17) is 30.1 Å². The first-order valence-corrected chi connectivity index (χ1v) is 9.43. The fourth-order valence-electron chi connectivity index (χ4n) is 3.27. The molecule has 2 rings (SSSR count). The lowest BCUT2D eigenvalue weighted by molar-refractivity contribution is -0.327. The van der Waals surface area contributed by atoms with Gasteiger partial charge in [0.15, 0.2) is 12.9 Å². The molecule has 0 radical (unpaired) electrons. The fraction of sp³-hybridized carbons (Fsp3) is 0.600. The van der Waals surface area contributed by atoms with Crippen LogP contribution in [-0.4, -0.2) is 89.7 Å². The molecule has 0 saturated carbocycles. The van der Waals surface area contributed by atoms with Crippen LogP contribution in [0, 0.1) is 18.3 Å². The first-order valence-electron chi connectivity index (χ1n) is 9.43. The van der Waals surface area contributed by atoms with E-state index in [1.54, 1.807) is 13.0 Å². The highest BCUT2D eigenvalue weighted by Gasteiger charge is 2.46. The molecule has 31 heavy (non-hydrogen) atoms. The monoisotopic (exact) mass is 442 g/mol. The Kier molecular flexibility index (Phi) is 9.00. The minimum atomic E-state index is -1.66. The summed E-state index contributed by atoms with van der Waals surface area (Å²) < 4.78 is 26.0. The predicted octanol–water partition coefficient (Wildman–Crippen LogP) is -1.65. The van der Waals surface area contributed by atoms with Crippen LogP contribution in [0.3, 0.4) is 0 Å². The molecule has 11 heteroatoms. The van der Waals surface area contributed by atoms with Gasteiger partial charge < -0.3 is 44.1 Å². The SMILES string of the molecule is C#CCOC(=O)C[C@@H]1C(C(=O)OC)=CO[C@@H](O[C@@H]2O[C@H](CO)[C@@H](O)[C@H](O)[C@H]2O)/C1=C/C. The summed E-state index contributed by atoms with van der Waals surface area (Å²) in [5, 5.41) is 39.4. The zero-order valence-electron chi connectivity index (χ0n) is 17.0. The van der Waals surface area contributed by atoms with Gasteiger partial charge >= 0.3 is 11.9 Å². The van der Waals surface area contributed by atoms with Gasteiger partial charge in [-0.3, -0.25) is 4.79 Å². The Hall–Kier alpha value is -2.46. The van der Waals surface area contributed by atoms with Gasteiger partial charge in [0.2, 0.25) is 6.29 Å². The summed E-state index contributed by atoms with van der Waals surface area (Å²) in [5.41, 5.74) is 0.347. The molecule has 2 aliphatic rings. The number of aliphatic hydroxyl groups excluding tert-OH is 4. The Bertz CT molecular complexity index is 751. The lowest BCUT2D eigenvalue weighted by atomic mass is 9.86. The number of carbonyl (C=O) groups excluding carboxylic acids is 2. The fourth-order valence-corrected chi connectivity index (χ4v) is 3.27. The minimum Gasteiger partial charge on any atom is -0.468 e. The van der Waals surface area contributed by atoms with E-state index >= 15 is 0 Å². The topological polar surface area (TPSA) is 161 Å². The number of carbonyl (C=O) groups is 2. The first kappa shape index (κ1) is 24.8. The van der Waals surface area contributed by atoms with Crippen molar-refractivity contribution in [2.75, 3.05) is 20.3 Å². The van der Waals surface area contributed by atoms with Crippen LogP contribution in [0.1, 0.15) is 13.3 Å². The van der Waals surface area contributed by atoms with Crippen molar-refractivity contribution in [2.24, 2.45) is 5.92 Å². The Morgan fingerprint density at radius 2 is 1.97 bits per heavy atom. The molecule has 0 bridgehead atoms. The molecule has 172 valence electrons. The van der Waals surface area contributed by atoms with Gasteiger partial charge in [-0.1, -0.05) is 12.0 Å². The van der Waals surface area contributed by atoms with Crippen molar-refractivity contribution in [2.45, 2.75) is 50.3 Å². The van der Waals surface area contributed by atoms with Crippen molar-refractivity contribution < 1.29 is 53.7 Å². The first-order chi connectivity index (χ1) is 14.8. The van der Waals surface area contributed by atoms with E-state index in [1.165, 1.54) is 7.11 Å². The Balaban J connectivity index is 2.26. The summed E-state index contributed by atoms with van der Waals surface area (Å²) in [6.07, 6.45) is -1.36. The second-order valence-corrected chi connectivity index (χ2v) is 6.78. The number of allylic oxidation sites excluding steroid dienone is 1. The standard InChI is InChI=1S/C20H26O11/c1-4-6-28-14(22)7-11-10(5-2)19(29-9-12(11)18(26)27-3)31-20-17(25)16(24)15(23)13(8-21)30-20/h1,5,9,11,13,15-17,19-21,23-25H,6-8H2,2-3H3/b10-5+/t11-,13+,15+,16-,17+,19-,20-/m0/s1. The van der Waals surface area contributed by atoms with Crippen molar-refractivity contribution in [1.82, 2.24) is 0 Å². The molecule has 7 atom stereocenters. The summed E-state index contributed by atoms with van der Waals surface area (Å²) in [5.74, 6) is -0.0972. The number of methoxy groups -OCH3 is 1. The molecule has 0 aromatic rings. The van der Waals surface area contributed by atoms with Gasteiger partial charge in [-0.05, 0) is 6.92 Å². The molecular formula is C20H26O11. The molecule has 0 amide bonds. The van der Waals surface area contributed by atoms with Gasteiger partial charge in [-0.15, -0.1) is 6.42 Å². The number of rotatable bonds is 7. The molecule has 0 spiro atoms. The molecule has 0 aromatic heterocycles. The van der Waals surface area contributed by atoms with E-state index in [2.05, 4.69) is 5.92 Å². The molecule has 1 fully saturated rings. The lowest BCUT2D eigenvalue weighted by Gasteiger charge is -2.41. The molecule has 4 N–H and O–H groups in total. The van der Waals surface area contributed by atoms with Crippen molar-refractivity contribution in [1.29, 1.82) is 0 Å². The van der Waals surface area contributed by atoms with Crippen LogP contribution < -0.4 is 0 Å². The van der Waals surface area contributed by atoms with Gasteiger partial charge in [0.25, 0.3) is 0 Å². The number of aliphatic hydroxyl groups is 4. The van der Waals surface area contributed by atoms with Crippen molar-refractivity contribution in [3.63, 3.8) is 0 Å². The van der Waals surface area contributed by atoms with Crippen LogP contribution in [0.5, 0.6) is 0 Å². The van der Waals surface area contributed by atoms with Crippen LogP contribution in [0.2, 0.25) is 0 Å². The summed E-state index contributed by atoms with van der Waals surface area (Å²) in [7, 11) is 1.17. The predicted molar refractivity (Wildman–Crippen MR) is 101 cm³/mol. The van der Waals surface area contributed by atoms with E-state index in [-0.39, 0.29) is 18.6 Å². The quantitative estimate of drug-likeness (QED) is 0.203. The van der Waals surface area contributed by atoms with E-state index in [0.717, 1.165) is 6.26 Å². The maximum absolute atomic E-state index is 12.2. The van der Waals surface area contributed by atoms with Crippen molar-refractivity contribution in [3.05, 3.63) is 23.5 Å². The normalized spacial score (nSPS) is 34.3. The minimum absolute atomic E-state index is 0.0295.